The molecule has 1 nitrogen and oxygen atoms in total. The van der Waals surface area contributed by atoms with Crippen LogP contribution < -0.4 is 0 Å². The quantitative estimate of drug-likeness (QED) is 0.609. The van der Waals surface area contributed by atoms with Gasteiger partial charge in [0, 0.05) is 0 Å². The van der Waals surface area contributed by atoms with E-state index in [1.54, 1.807) is 6.92 Å². The van der Waals surface area contributed by atoms with Crippen molar-refractivity contribution in [1.29, 1.82) is 0 Å². The lowest BCUT2D eigenvalue weighted by Gasteiger charge is -2.31. The minimum absolute atomic E-state index is 0.0135. The molecule has 0 aromatic carbocycles. The Hall–Kier alpha value is -0.250. The van der Waals surface area contributed by atoms with E-state index in [9.17, 15) is 13.2 Å². The van der Waals surface area contributed by atoms with Crippen molar-refractivity contribution in [2.75, 3.05) is 0 Å². The molecule has 0 bridgehead atoms. The fourth-order valence-corrected chi connectivity index (χ4v) is 1.83. The Morgan fingerprint density at radius 3 is 2.17 bits per heavy atom. The first kappa shape index (κ1) is 9.84. The number of aliphatic hydroxyl groups is 1. The number of rotatable bonds is 0. The number of hydrogen-bond acceptors (Lipinski definition) is 1. The highest BCUT2D eigenvalue weighted by molar-refractivity contribution is 4.80. The summed E-state index contributed by atoms with van der Waals surface area (Å²) in [7, 11) is 0. The molecular weight excluding hydrogens is 169 g/mol. The Kier molecular flexibility index (Phi) is 2.66. The van der Waals surface area contributed by atoms with Crippen LogP contribution in [0.4, 0.5) is 13.2 Å². The Labute approximate surface area is 69.6 Å². The molecule has 1 rings (SSSR count). The maximum absolute atomic E-state index is 12.2. The summed E-state index contributed by atoms with van der Waals surface area (Å²) in [6.45, 7) is 1.75. The molecule has 0 heterocycles. The molecule has 0 aromatic rings. The fourth-order valence-electron chi connectivity index (χ4n) is 1.83. The molecule has 0 amide bonds. The molecule has 0 aromatic heterocycles. The van der Waals surface area contributed by atoms with E-state index in [0.29, 0.717) is 6.42 Å². The summed E-state index contributed by atoms with van der Waals surface area (Å²) in [4.78, 5) is 0. The molecular formula is C8H13F3O. The van der Waals surface area contributed by atoms with Gasteiger partial charge in [-0.1, -0.05) is 6.92 Å². The summed E-state index contributed by atoms with van der Waals surface area (Å²) in [5.74, 6) is -1.31. The lowest BCUT2D eigenvalue weighted by atomic mass is 9.80. The molecule has 0 radical (unpaired) electrons. The molecule has 1 N–H and O–H groups in total. The monoisotopic (exact) mass is 182 g/mol. The van der Waals surface area contributed by atoms with Gasteiger partial charge in [-0.15, -0.1) is 0 Å². The third-order valence-electron chi connectivity index (χ3n) is 2.38. The van der Waals surface area contributed by atoms with E-state index < -0.39 is 18.2 Å². The molecule has 72 valence electrons. The SMILES string of the molecule is CC1CC(O)CC(C(F)(F)F)C1. The van der Waals surface area contributed by atoms with Crippen LogP contribution in [0, 0.1) is 11.8 Å². The molecule has 3 atom stereocenters. The van der Waals surface area contributed by atoms with Gasteiger partial charge in [0.25, 0.3) is 0 Å². The van der Waals surface area contributed by atoms with Crippen LogP contribution in [0.1, 0.15) is 26.2 Å². The van der Waals surface area contributed by atoms with Crippen LogP contribution in [0.5, 0.6) is 0 Å². The lowest BCUT2D eigenvalue weighted by Crippen LogP contribution is -2.34. The molecule has 3 unspecified atom stereocenters. The van der Waals surface area contributed by atoms with Gasteiger partial charge in [0.1, 0.15) is 0 Å². The van der Waals surface area contributed by atoms with E-state index in [4.69, 9.17) is 5.11 Å². The number of halogens is 3. The van der Waals surface area contributed by atoms with Crippen LogP contribution in [-0.4, -0.2) is 17.4 Å². The van der Waals surface area contributed by atoms with Gasteiger partial charge in [0.2, 0.25) is 0 Å². The Balaban J connectivity index is 2.55. The summed E-state index contributed by atoms with van der Waals surface area (Å²) >= 11 is 0. The second-order valence-electron chi connectivity index (χ2n) is 3.70. The Morgan fingerprint density at radius 2 is 1.75 bits per heavy atom. The van der Waals surface area contributed by atoms with Crippen LogP contribution in [0.3, 0.4) is 0 Å². The van der Waals surface area contributed by atoms with Gasteiger partial charge in [-0.05, 0) is 25.2 Å². The van der Waals surface area contributed by atoms with Gasteiger partial charge in [0.15, 0.2) is 0 Å². The lowest BCUT2D eigenvalue weighted by molar-refractivity contribution is -0.193. The van der Waals surface area contributed by atoms with Crippen LogP contribution in [0.2, 0.25) is 0 Å². The molecule has 1 aliphatic carbocycles. The predicted molar refractivity (Wildman–Crippen MR) is 38.6 cm³/mol. The van der Waals surface area contributed by atoms with Crippen molar-refractivity contribution >= 4 is 0 Å². The molecule has 0 saturated heterocycles. The van der Waals surface area contributed by atoms with Gasteiger partial charge in [0.05, 0.1) is 12.0 Å². The topological polar surface area (TPSA) is 20.2 Å². The molecule has 12 heavy (non-hydrogen) atoms. The second-order valence-corrected chi connectivity index (χ2v) is 3.70. The van der Waals surface area contributed by atoms with Gasteiger partial charge in [-0.2, -0.15) is 13.2 Å². The van der Waals surface area contributed by atoms with Gasteiger partial charge in [-0.25, -0.2) is 0 Å². The standard InChI is InChI=1S/C8H13F3O/c1-5-2-6(8(9,10)11)4-7(12)3-5/h5-7,12H,2-4H2,1H3. The zero-order valence-corrected chi connectivity index (χ0v) is 6.93. The van der Waals surface area contributed by atoms with E-state index >= 15 is 0 Å². The Bertz CT molecular complexity index is 145. The zero-order chi connectivity index (χ0) is 9.35. The normalized spacial score (nSPS) is 38.2. The van der Waals surface area contributed by atoms with E-state index in [1.807, 2.05) is 0 Å². The highest BCUT2D eigenvalue weighted by Gasteiger charge is 2.43. The van der Waals surface area contributed by atoms with Crippen LogP contribution in [0.15, 0.2) is 0 Å². The van der Waals surface area contributed by atoms with Crippen molar-refractivity contribution in [2.24, 2.45) is 11.8 Å². The van der Waals surface area contributed by atoms with E-state index in [2.05, 4.69) is 0 Å². The summed E-state index contributed by atoms with van der Waals surface area (Å²) in [6, 6.07) is 0. The van der Waals surface area contributed by atoms with E-state index in [-0.39, 0.29) is 18.8 Å². The number of hydrogen-bond donors (Lipinski definition) is 1. The fraction of sp³-hybridized carbons (Fsp3) is 1.00. The minimum Gasteiger partial charge on any atom is -0.393 e. The largest absolute Gasteiger partial charge is 0.393 e. The highest BCUT2D eigenvalue weighted by Crippen LogP contribution is 2.39. The van der Waals surface area contributed by atoms with Gasteiger partial charge < -0.3 is 5.11 Å². The van der Waals surface area contributed by atoms with Crippen molar-refractivity contribution in [2.45, 2.75) is 38.5 Å². The molecule has 1 fully saturated rings. The van der Waals surface area contributed by atoms with Crippen molar-refractivity contribution < 1.29 is 18.3 Å². The van der Waals surface area contributed by atoms with Crippen LogP contribution in [0.25, 0.3) is 0 Å². The van der Waals surface area contributed by atoms with Crippen LogP contribution in [-0.2, 0) is 0 Å². The van der Waals surface area contributed by atoms with Crippen molar-refractivity contribution in [3.8, 4) is 0 Å². The first-order valence-electron chi connectivity index (χ1n) is 4.14. The highest BCUT2D eigenvalue weighted by atomic mass is 19.4. The second kappa shape index (κ2) is 3.24. The van der Waals surface area contributed by atoms with Crippen molar-refractivity contribution in [3.05, 3.63) is 0 Å². The third kappa shape index (κ3) is 2.37. The summed E-state index contributed by atoms with van der Waals surface area (Å²) in [5.41, 5.74) is 0. The number of aliphatic hydroxyl groups excluding tert-OH is 1. The summed E-state index contributed by atoms with van der Waals surface area (Å²) in [6.07, 6.45) is -4.34. The molecule has 0 aliphatic heterocycles. The smallest absolute Gasteiger partial charge is 0.391 e. The maximum atomic E-state index is 12.2. The van der Waals surface area contributed by atoms with E-state index in [1.165, 1.54) is 0 Å². The molecule has 4 heteroatoms. The average Bonchev–Trinajstić information content (AvgIpc) is 1.82. The van der Waals surface area contributed by atoms with E-state index in [0.717, 1.165) is 0 Å². The van der Waals surface area contributed by atoms with Gasteiger partial charge >= 0.3 is 6.18 Å². The van der Waals surface area contributed by atoms with Gasteiger partial charge in [-0.3, -0.25) is 0 Å². The average molecular weight is 182 g/mol. The maximum Gasteiger partial charge on any atom is 0.391 e. The van der Waals surface area contributed by atoms with Crippen LogP contribution >= 0.6 is 0 Å². The third-order valence-corrected chi connectivity index (χ3v) is 2.38. The zero-order valence-electron chi connectivity index (χ0n) is 6.93. The minimum atomic E-state index is -4.13. The Morgan fingerprint density at radius 1 is 1.17 bits per heavy atom. The first-order valence-corrected chi connectivity index (χ1v) is 4.14. The molecule has 1 aliphatic rings. The predicted octanol–water partition coefficient (Wildman–Crippen LogP) is 2.35. The number of alkyl halides is 3. The molecule has 1 saturated carbocycles. The summed E-state index contributed by atoms with van der Waals surface area (Å²) in [5, 5.41) is 9.11. The first-order chi connectivity index (χ1) is 5.39. The molecule has 0 spiro atoms. The summed E-state index contributed by atoms with van der Waals surface area (Å²) < 4.78 is 36.5. The van der Waals surface area contributed by atoms with Crippen molar-refractivity contribution in [3.63, 3.8) is 0 Å². The van der Waals surface area contributed by atoms with Crippen molar-refractivity contribution in [1.82, 2.24) is 0 Å².